The predicted molar refractivity (Wildman–Crippen MR) is 125 cm³/mol. The van der Waals surface area contributed by atoms with Crippen molar-refractivity contribution >= 4 is 16.8 Å². The average Bonchev–Trinajstić information content (AvgIpc) is 3.23. The molecule has 0 bridgehead atoms. The Hall–Kier alpha value is -3.46. The maximum atomic E-state index is 13.4. The monoisotopic (exact) mass is 481 g/mol. The number of aliphatic hydroxyl groups is 4. The van der Waals surface area contributed by atoms with Crippen LogP contribution < -0.4 is 10.1 Å². The van der Waals surface area contributed by atoms with E-state index in [4.69, 9.17) is 9.47 Å². The van der Waals surface area contributed by atoms with E-state index in [1.165, 1.54) is 7.11 Å². The summed E-state index contributed by atoms with van der Waals surface area (Å²) in [6.45, 7) is -0.845. The highest BCUT2D eigenvalue weighted by atomic mass is 16.6. The van der Waals surface area contributed by atoms with E-state index in [-0.39, 0.29) is 12.0 Å². The van der Waals surface area contributed by atoms with Crippen molar-refractivity contribution in [2.75, 3.05) is 20.3 Å². The van der Waals surface area contributed by atoms with E-state index < -0.39 is 43.2 Å². The standard InChI is InChI=1S/C25H27N3O7/c1-34-17-5-6-19-20(12-28(21(19)8-17)11-16-4-2-3-15(7-16)10-26)23(32)27-25(14-30)22(31)9-18(13-29)35-24(25)33/h2-8,12,18,22,24,29-31,33H,9,11,13-14H2,1H3,(H,27,32)/t18-,22-,24?,25+/m0/s1. The number of aromatic nitrogens is 1. The fourth-order valence-electron chi connectivity index (χ4n) is 4.39. The van der Waals surface area contributed by atoms with Crippen molar-refractivity contribution in [3.63, 3.8) is 0 Å². The number of rotatable bonds is 7. The molecule has 3 aromatic rings. The Labute approximate surface area is 201 Å². The topological polar surface area (TPSA) is 157 Å². The minimum atomic E-state index is -1.87. The van der Waals surface area contributed by atoms with Gasteiger partial charge in [-0.3, -0.25) is 4.79 Å². The highest BCUT2D eigenvalue weighted by molar-refractivity contribution is 6.07. The molecular formula is C25H27N3O7. The lowest BCUT2D eigenvalue weighted by Crippen LogP contribution is -2.70. The van der Waals surface area contributed by atoms with Crippen LogP contribution in [-0.4, -0.2) is 75.3 Å². The number of amides is 1. The van der Waals surface area contributed by atoms with Crippen LogP contribution in [0.4, 0.5) is 0 Å². The second-order valence-electron chi connectivity index (χ2n) is 8.56. The van der Waals surface area contributed by atoms with Crippen molar-refractivity contribution in [2.45, 2.75) is 37.0 Å². The molecule has 10 heteroatoms. The van der Waals surface area contributed by atoms with Gasteiger partial charge in [0.2, 0.25) is 0 Å². The summed E-state index contributed by atoms with van der Waals surface area (Å²) < 4.78 is 12.5. The Bertz CT molecular complexity index is 1250. The van der Waals surface area contributed by atoms with Crippen LogP contribution in [0.2, 0.25) is 0 Å². The number of hydrogen-bond donors (Lipinski definition) is 5. The number of nitriles is 1. The Morgan fingerprint density at radius 2 is 2.09 bits per heavy atom. The van der Waals surface area contributed by atoms with E-state index in [1.54, 1.807) is 42.6 Å². The van der Waals surface area contributed by atoms with Crippen molar-refractivity contribution in [1.82, 2.24) is 9.88 Å². The molecule has 0 saturated carbocycles. The molecule has 4 rings (SSSR count). The van der Waals surface area contributed by atoms with Gasteiger partial charge in [0.25, 0.3) is 5.91 Å². The maximum absolute atomic E-state index is 13.4. The van der Waals surface area contributed by atoms with Crippen LogP contribution in [-0.2, 0) is 11.3 Å². The summed E-state index contributed by atoms with van der Waals surface area (Å²) in [7, 11) is 1.54. The largest absolute Gasteiger partial charge is 0.497 e. The van der Waals surface area contributed by atoms with Gasteiger partial charge in [0, 0.05) is 30.6 Å². The van der Waals surface area contributed by atoms with E-state index in [2.05, 4.69) is 11.4 Å². The van der Waals surface area contributed by atoms with E-state index in [0.29, 0.717) is 28.8 Å². The normalized spacial score (nSPS) is 24.2. The lowest BCUT2D eigenvalue weighted by Gasteiger charge is -2.46. The summed E-state index contributed by atoms with van der Waals surface area (Å²) in [5.74, 6) is -0.0501. The molecule has 184 valence electrons. The van der Waals surface area contributed by atoms with Crippen LogP contribution in [0.3, 0.4) is 0 Å². The van der Waals surface area contributed by atoms with Gasteiger partial charge in [-0.05, 0) is 29.8 Å². The zero-order chi connectivity index (χ0) is 25.2. The Balaban J connectivity index is 1.72. The summed E-state index contributed by atoms with van der Waals surface area (Å²) in [4.78, 5) is 13.4. The van der Waals surface area contributed by atoms with Gasteiger partial charge in [0.05, 0.1) is 55.2 Å². The van der Waals surface area contributed by atoms with Crippen LogP contribution in [0, 0.1) is 11.3 Å². The fraction of sp³-hybridized carbons (Fsp3) is 0.360. The second kappa shape index (κ2) is 10.0. The van der Waals surface area contributed by atoms with E-state index in [9.17, 15) is 30.5 Å². The SMILES string of the molecule is COc1ccc2c(C(=O)N[C@@]3(CO)C(O)O[C@H](CO)C[C@@H]3O)cn(Cc3cccc(C#N)c3)c2c1. The molecule has 1 saturated heterocycles. The van der Waals surface area contributed by atoms with Gasteiger partial charge in [0.15, 0.2) is 6.29 Å². The summed E-state index contributed by atoms with van der Waals surface area (Å²) in [5.41, 5.74) is 0.432. The zero-order valence-corrected chi connectivity index (χ0v) is 19.1. The number of aliphatic hydroxyl groups excluding tert-OH is 4. The van der Waals surface area contributed by atoms with Crippen molar-refractivity contribution in [3.8, 4) is 11.8 Å². The summed E-state index contributed by atoms with van der Waals surface area (Å²) in [5, 5.41) is 52.9. The minimum absolute atomic E-state index is 0.0808. The highest BCUT2D eigenvalue weighted by Crippen LogP contribution is 2.31. The third kappa shape index (κ3) is 4.60. The first-order valence-electron chi connectivity index (χ1n) is 11.1. The Morgan fingerprint density at radius 1 is 1.29 bits per heavy atom. The van der Waals surface area contributed by atoms with E-state index >= 15 is 0 Å². The van der Waals surface area contributed by atoms with Crippen LogP contribution in [0.15, 0.2) is 48.7 Å². The number of nitrogens with one attached hydrogen (secondary N) is 1. The first-order valence-corrected chi connectivity index (χ1v) is 11.1. The van der Waals surface area contributed by atoms with Gasteiger partial charge >= 0.3 is 0 Å². The number of nitrogens with zero attached hydrogens (tertiary/aromatic N) is 2. The van der Waals surface area contributed by atoms with Crippen LogP contribution in [0.5, 0.6) is 5.75 Å². The Morgan fingerprint density at radius 3 is 2.74 bits per heavy atom. The molecule has 1 fully saturated rings. The summed E-state index contributed by atoms with van der Waals surface area (Å²) >= 11 is 0. The van der Waals surface area contributed by atoms with Crippen molar-refractivity contribution < 1.29 is 34.7 Å². The first-order chi connectivity index (χ1) is 16.8. The molecule has 0 aliphatic carbocycles. The lowest BCUT2D eigenvalue weighted by atomic mass is 9.85. The molecule has 0 radical (unpaired) electrons. The lowest BCUT2D eigenvalue weighted by molar-refractivity contribution is -0.253. The quantitative estimate of drug-likeness (QED) is 0.326. The maximum Gasteiger partial charge on any atom is 0.254 e. The van der Waals surface area contributed by atoms with Gasteiger partial charge < -0.3 is 39.8 Å². The average molecular weight is 482 g/mol. The second-order valence-corrected chi connectivity index (χ2v) is 8.56. The third-order valence-corrected chi connectivity index (χ3v) is 6.40. The molecule has 2 aromatic carbocycles. The molecule has 1 amide bonds. The fourth-order valence-corrected chi connectivity index (χ4v) is 4.39. The molecule has 2 heterocycles. The number of ether oxygens (including phenoxy) is 2. The molecule has 35 heavy (non-hydrogen) atoms. The van der Waals surface area contributed by atoms with E-state index in [0.717, 1.165) is 5.56 Å². The number of carbonyl (C=O) groups is 1. The number of fused-ring (bicyclic) bond motifs is 1. The smallest absolute Gasteiger partial charge is 0.254 e. The van der Waals surface area contributed by atoms with Crippen molar-refractivity contribution in [2.24, 2.45) is 0 Å². The molecular weight excluding hydrogens is 454 g/mol. The van der Waals surface area contributed by atoms with Gasteiger partial charge in [-0.15, -0.1) is 0 Å². The summed E-state index contributed by atoms with van der Waals surface area (Å²) in [6.07, 6.45) is -2.38. The Kier molecular flexibility index (Phi) is 7.07. The number of hydrogen-bond acceptors (Lipinski definition) is 8. The highest BCUT2D eigenvalue weighted by Gasteiger charge is 2.51. The van der Waals surface area contributed by atoms with Crippen LogP contribution in [0.25, 0.3) is 10.9 Å². The molecule has 0 spiro atoms. The summed E-state index contributed by atoms with van der Waals surface area (Å²) in [6, 6.07) is 14.4. The van der Waals surface area contributed by atoms with Gasteiger partial charge in [-0.25, -0.2) is 0 Å². The number of carbonyl (C=O) groups excluding carboxylic acids is 1. The van der Waals surface area contributed by atoms with Gasteiger partial charge in [0.1, 0.15) is 11.3 Å². The molecule has 10 nitrogen and oxygen atoms in total. The number of benzene rings is 2. The molecule has 1 aliphatic heterocycles. The molecule has 4 atom stereocenters. The van der Waals surface area contributed by atoms with Crippen LogP contribution in [0.1, 0.15) is 27.9 Å². The minimum Gasteiger partial charge on any atom is -0.497 e. The molecule has 1 aliphatic rings. The molecule has 1 unspecified atom stereocenters. The number of methoxy groups -OCH3 is 1. The van der Waals surface area contributed by atoms with Crippen LogP contribution >= 0.6 is 0 Å². The van der Waals surface area contributed by atoms with Crippen molar-refractivity contribution in [1.29, 1.82) is 5.26 Å². The van der Waals surface area contributed by atoms with Crippen molar-refractivity contribution in [3.05, 3.63) is 65.4 Å². The first kappa shape index (κ1) is 24.7. The van der Waals surface area contributed by atoms with E-state index in [1.807, 2.05) is 10.6 Å². The van der Waals surface area contributed by atoms with Gasteiger partial charge in [-0.2, -0.15) is 5.26 Å². The molecule has 1 aromatic heterocycles. The third-order valence-electron chi connectivity index (χ3n) is 6.40. The predicted octanol–water partition coefficient (Wildman–Crippen LogP) is 0.491. The van der Waals surface area contributed by atoms with Gasteiger partial charge in [-0.1, -0.05) is 12.1 Å². The zero-order valence-electron chi connectivity index (χ0n) is 19.1. The molecule has 5 N–H and O–H groups in total.